The van der Waals surface area contributed by atoms with Crippen LogP contribution in [0, 0.1) is 6.92 Å². The molecule has 0 saturated heterocycles. The fraction of sp³-hybridized carbons (Fsp3) is 0.158. The van der Waals surface area contributed by atoms with Gasteiger partial charge >= 0.3 is 0 Å². The van der Waals surface area contributed by atoms with Gasteiger partial charge in [0.05, 0.1) is 5.69 Å². The van der Waals surface area contributed by atoms with Crippen molar-refractivity contribution in [2.45, 2.75) is 20.3 Å². The van der Waals surface area contributed by atoms with Gasteiger partial charge in [-0.15, -0.1) is 0 Å². The first-order chi connectivity index (χ1) is 11.1. The van der Waals surface area contributed by atoms with Crippen molar-refractivity contribution < 1.29 is 4.79 Å². The summed E-state index contributed by atoms with van der Waals surface area (Å²) in [4.78, 5) is 24.7. The normalized spacial score (nSPS) is 10.5. The third-order valence-electron chi connectivity index (χ3n) is 3.77. The lowest BCUT2D eigenvalue weighted by Crippen LogP contribution is -2.01. The molecule has 0 spiro atoms. The van der Waals surface area contributed by atoms with Gasteiger partial charge in [-0.2, -0.15) is 0 Å². The van der Waals surface area contributed by atoms with E-state index in [-0.39, 0.29) is 5.78 Å². The molecule has 2 aromatic heterocycles. The predicted octanol–water partition coefficient (Wildman–Crippen LogP) is 3.64. The van der Waals surface area contributed by atoms with E-state index in [1.807, 2.05) is 43.3 Å². The number of aryl methyl sites for hydroxylation is 1. The Bertz CT molecular complexity index is 844. The second-order valence-corrected chi connectivity index (χ2v) is 5.47. The number of Topliss-reactive ketones (excluding diaryl/α,β-unsaturated/α-hetero) is 1. The number of carbonyl (C=O) groups excluding carboxylic acids is 1. The van der Waals surface area contributed by atoms with Crippen molar-refractivity contribution in [2.75, 3.05) is 0 Å². The summed E-state index contributed by atoms with van der Waals surface area (Å²) in [5.74, 6) is 0.798. The highest BCUT2D eigenvalue weighted by Gasteiger charge is 2.08. The summed E-state index contributed by atoms with van der Waals surface area (Å²) in [6.07, 6.45) is 5.88. The standard InChI is InChI=1S/C19H17N3O/c1-13-5-6-15(14(2)23)10-17(13)11-19-21-9-7-18(22-19)16-4-3-8-20-12-16/h3-10,12H,11H2,1-2H3. The number of aromatic nitrogens is 3. The number of nitrogens with zero attached hydrogens (tertiary/aromatic N) is 3. The van der Waals surface area contributed by atoms with Crippen LogP contribution in [0.4, 0.5) is 0 Å². The number of rotatable bonds is 4. The summed E-state index contributed by atoms with van der Waals surface area (Å²) < 4.78 is 0. The molecular weight excluding hydrogens is 286 g/mol. The summed E-state index contributed by atoms with van der Waals surface area (Å²) in [6.45, 7) is 3.61. The van der Waals surface area contributed by atoms with Crippen LogP contribution in [0.15, 0.2) is 55.0 Å². The van der Waals surface area contributed by atoms with Crippen molar-refractivity contribution >= 4 is 5.78 Å². The molecule has 114 valence electrons. The summed E-state index contributed by atoms with van der Waals surface area (Å²) in [6, 6.07) is 11.5. The van der Waals surface area contributed by atoms with Crippen LogP contribution in [-0.4, -0.2) is 20.7 Å². The maximum Gasteiger partial charge on any atom is 0.159 e. The molecule has 0 unspecified atom stereocenters. The molecule has 0 aliphatic heterocycles. The average Bonchev–Trinajstić information content (AvgIpc) is 2.58. The van der Waals surface area contributed by atoms with Gasteiger partial charge in [0.25, 0.3) is 0 Å². The lowest BCUT2D eigenvalue weighted by molar-refractivity contribution is 0.101. The van der Waals surface area contributed by atoms with Crippen LogP contribution in [0.3, 0.4) is 0 Å². The Morgan fingerprint density at radius 1 is 1.13 bits per heavy atom. The van der Waals surface area contributed by atoms with Crippen LogP contribution in [0.5, 0.6) is 0 Å². The zero-order valence-corrected chi connectivity index (χ0v) is 13.2. The van der Waals surface area contributed by atoms with Crippen LogP contribution < -0.4 is 0 Å². The topological polar surface area (TPSA) is 55.7 Å². The van der Waals surface area contributed by atoms with Crippen LogP contribution in [-0.2, 0) is 6.42 Å². The average molecular weight is 303 g/mol. The third-order valence-corrected chi connectivity index (χ3v) is 3.77. The molecule has 4 heteroatoms. The second kappa shape index (κ2) is 6.48. The zero-order chi connectivity index (χ0) is 16.2. The number of hydrogen-bond acceptors (Lipinski definition) is 4. The molecule has 3 rings (SSSR count). The van der Waals surface area contributed by atoms with E-state index in [1.54, 1.807) is 25.5 Å². The molecule has 2 heterocycles. The number of carbonyl (C=O) groups is 1. The Morgan fingerprint density at radius 2 is 2.00 bits per heavy atom. The summed E-state index contributed by atoms with van der Waals surface area (Å²) in [5.41, 5.74) is 4.73. The number of hydrogen-bond donors (Lipinski definition) is 0. The zero-order valence-electron chi connectivity index (χ0n) is 13.2. The van der Waals surface area contributed by atoms with Crippen LogP contribution in [0.2, 0.25) is 0 Å². The lowest BCUT2D eigenvalue weighted by atomic mass is 10.0. The van der Waals surface area contributed by atoms with Crippen molar-refractivity contribution in [1.29, 1.82) is 0 Å². The summed E-state index contributed by atoms with van der Waals surface area (Å²) >= 11 is 0. The van der Waals surface area contributed by atoms with Crippen molar-refractivity contribution in [1.82, 2.24) is 15.0 Å². The molecule has 0 bridgehead atoms. The van der Waals surface area contributed by atoms with E-state index in [0.717, 1.165) is 28.2 Å². The molecular formula is C19H17N3O. The molecule has 0 aliphatic carbocycles. The first-order valence-electron chi connectivity index (χ1n) is 7.46. The van der Waals surface area contributed by atoms with Crippen molar-refractivity contribution in [3.63, 3.8) is 0 Å². The molecule has 0 N–H and O–H groups in total. The van der Waals surface area contributed by atoms with Gasteiger partial charge in [-0.3, -0.25) is 9.78 Å². The number of benzene rings is 1. The lowest BCUT2D eigenvalue weighted by Gasteiger charge is -2.08. The number of ketones is 1. The monoisotopic (exact) mass is 303 g/mol. The largest absolute Gasteiger partial charge is 0.295 e. The van der Waals surface area contributed by atoms with E-state index >= 15 is 0 Å². The Balaban J connectivity index is 1.92. The van der Waals surface area contributed by atoms with Gasteiger partial charge in [-0.1, -0.05) is 12.1 Å². The highest BCUT2D eigenvalue weighted by Crippen LogP contribution is 2.18. The molecule has 0 saturated carbocycles. The Labute approximate surface area is 135 Å². The van der Waals surface area contributed by atoms with Gasteiger partial charge in [-0.25, -0.2) is 9.97 Å². The molecule has 0 atom stereocenters. The van der Waals surface area contributed by atoms with E-state index in [2.05, 4.69) is 15.0 Å². The van der Waals surface area contributed by atoms with E-state index in [0.29, 0.717) is 12.0 Å². The molecule has 0 amide bonds. The van der Waals surface area contributed by atoms with E-state index < -0.39 is 0 Å². The van der Waals surface area contributed by atoms with Crippen molar-refractivity contribution in [3.05, 3.63) is 77.5 Å². The smallest absolute Gasteiger partial charge is 0.159 e. The Kier molecular flexibility index (Phi) is 4.24. The quantitative estimate of drug-likeness (QED) is 0.690. The van der Waals surface area contributed by atoms with Gasteiger partial charge < -0.3 is 0 Å². The van der Waals surface area contributed by atoms with Gasteiger partial charge in [0.15, 0.2) is 5.78 Å². The first-order valence-corrected chi connectivity index (χ1v) is 7.46. The maximum absolute atomic E-state index is 11.6. The molecule has 4 nitrogen and oxygen atoms in total. The van der Waals surface area contributed by atoms with Crippen LogP contribution in [0.1, 0.15) is 34.2 Å². The molecule has 3 aromatic rings. The van der Waals surface area contributed by atoms with Crippen molar-refractivity contribution in [2.24, 2.45) is 0 Å². The van der Waals surface area contributed by atoms with E-state index in [9.17, 15) is 4.79 Å². The summed E-state index contributed by atoms with van der Waals surface area (Å²) in [5, 5.41) is 0. The summed E-state index contributed by atoms with van der Waals surface area (Å²) in [7, 11) is 0. The van der Waals surface area contributed by atoms with Gasteiger partial charge in [0, 0.05) is 36.1 Å². The molecule has 0 aliphatic rings. The minimum atomic E-state index is 0.0660. The fourth-order valence-corrected chi connectivity index (χ4v) is 2.41. The molecule has 0 fully saturated rings. The minimum absolute atomic E-state index is 0.0660. The van der Waals surface area contributed by atoms with Crippen molar-refractivity contribution in [3.8, 4) is 11.3 Å². The molecule has 1 aromatic carbocycles. The van der Waals surface area contributed by atoms with Crippen LogP contribution >= 0.6 is 0 Å². The van der Waals surface area contributed by atoms with Crippen LogP contribution in [0.25, 0.3) is 11.3 Å². The minimum Gasteiger partial charge on any atom is -0.295 e. The first kappa shape index (κ1) is 15.0. The van der Waals surface area contributed by atoms with E-state index in [4.69, 9.17) is 0 Å². The maximum atomic E-state index is 11.6. The Hall–Kier alpha value is -2.88. The highest BCUT2D eigenvalue weighted by molar-refractivity contribution is 5.94. The van der Waals surface area contributed by atoms with E-state index in [1.165, 1.54) is 0 Å². The van der Waals surface area contributed by atoms with Gasteiger partial charge in [-0.05, 0) is 49.2 Å². The number of pyridine rings is 1. The predicted molar refractivity (Wildman–Crippen MR) is 89.3 cm³/mol. The third kappa shape index (κ3) is 3.48. The van der Waals surface area contributed by atoms with Gasteiger partial charge in [0.2, 0.25) is 0 Å². The highest BCUT2D eigenvalue weighted by atomic mass is 16.1. The van der Waals surface area contributed by atoms with Gasteiger partial charge in [0.1, 0.15) is 5.82 Å². The molecule has 23 heavy (non-hydrogen) atoms. The fourth-order valence-electron chi connectivity index (χ4n) is 2.41. The Morgan fingerprint density at radius 3 is 2.74 bits per heavy atom. The SMILES string of the molecule is CC(=O)c1ccc(C)c(Cc2nccc(-c3cccnc3)n2)c1. The molecule has 0 radical (unpaired) electrons. The second-order valence-electron chi connectivity index (χ2n) is 5.47.